The molecule has 0 atom stereocenters. The zero-order valence-corrected chi connectivity index (χ0v) is 15.0. The van der Waals surface area contributed by atoms with Crippen molar-refractivity contribution >= 4 is 5.91 Å². The molecule has 0 N–H and O–H groups in total. The maximum Gasteiger partial charge on any atom is 0.236 e. The van der Waals surface area contributed by atoms with Gasteiger partial charge < -0.3 is 9.64 Å². The molecule has 5 heteroatoms. The normalized spacial score (nSPS) is 20.9. The van der Waals surface area contributed by atoms with Crippen molar-refractivity contribution in [1.29, 1.82) is 0 Å². The summed E-state index contributed by atoms with van der Waals surface area (Å²) in [5, 5.41) is 0. The molecule has 0 radical (unpaired) electrons. The monoisotopic (exact) mass is 336 g/mol. The smallest absolute Gasteiger partial charge is 0.236 e. The van der Waals surface area contributed by atoms with Crippen molar-refractivity contribution in [2.75, 3.05) is 33.8 Å². The first kappa shape index (κ1) is 18.7. The molecule has 4 nitrogen and oxygen atoms in total. The Balaban J connectivity index is 1.70. The second kappa shape index (κ2) is 9.02. The fraction of sp³-hybridized carbons (Fsp3) is 0.632. The van der Waals surface area contributed by atoms with E-state index in [-0.39, 0.29) is 17.5 Å². The largest absolute Gasteiger partial charge is 0.489 e. The summed E-state index contributed by atoms with van der Waals surface area (Å²) in [5.41, 5.74) is 0. The molecule has 24 heavy (non-hydrogen) atoms. The second-order valence-electron chi connectivity index (χ2n) is 6.94. The summed E-state index contributed by atoms with van der Waals surface area (Å²) in [4.78, 5) is 16.2. The van der Waals surface area contributed by atoms with E-state index in [2.05, 4.69) is 6.92 Å². The SMILES string of the molecule is CC1CCC(N(C)C(=O)CN(C)CCOc2ccccc2F)CC1. The molecule has 0 heterocycles. The number of hydrogen-bond donors (Lipinski definition) is 0. The highest BCUT2D eigenvalue weighted by Gasteiger charge is 2.25. The maximum absolute atomic E-state index is 13.5. The summed E-state index contributed by atoms with van der Waals surface area (Å²) < 4.78 is 18.9. The van der Waals surface area contributed by atoms with Crippen LogP contribution in [0.2, 0.25) is 0 Å². The van der Waals surface area contributed by atoms with Crippen LogP contribution in [-0.2, 0) is 4.79 Å². The lowest BCUT2D eigenvalue weighted by Crippen LogP contribution is -2.44. The number of carbonyl (C=O) groups excluding carboxylic acids is 1. The van der Waals surface area contributed by atoms with Crippen molar-refractivity contribution in [3.05, 3.63) is 30.1 Å². The van der Waals surface area contributed by atoms with Gasteiger partial charge in [0.25, 0.3) is 0 Å². The number of carbonyl (C=O) groups is 1. The standard InChI is InChI=1S/C19H29FN2O2/c1-15-8-10-16(11-9-15)22(3)19(23)14-21(2)12-13-24-18-7-5-4-6-17(18)20/h4-7,15-16H,8-14H2,1-3H3. The van der Waals surface area contributed by atoms with Gasteiger partial charge in [-0.3, -0.25) is 9.69 Å². The summed E-state index contributed by atoms with van der Waals surface area (Å²) in [6.45, 7) is 3.58. The molecule has 2 rings (SSSR count). The van der Waals surface area contributed by atoms with E-state index in [1.807, 2.05) is 23.9 Å². The van der Waals surface area contributed by atoms with Crippen LogP contribution in [-0.4, -0.2) is 55.5 Å². The van der Waals surface area contributed by atoms with Crippen molar-refractivity contribution < 1.29 is 13.9 Å². The van der Waals surface area contributed by atoms with Gasteiger partial charge in [-0.05, 0) is 50.8 Å². The molecule has 0 unspecified atom stereocenters. The van der Waals surface area contributed by atoms with Crippen LogP contribution in [0.5, 0.6) is 5.75 Å². The molecule has 1 aromatic rings. The number of amides is 1. The number of benzene rings is 1. The van der Waals surface area contributed by atoms with Gasteiger partial charge in [-0.25, -0.2) is 4.39 Å². The first-order chi connectivity index (χ1) is 11.5. The van der Waals surface area contributed by atoms with Gasteiger partial charge >= 0.3 is 0 Å². The Morgan fingerprint density at radius 2 is 1.88 bits per heavy atom. The second-order valence-corrected chi connectivity index (χ2v) is 6.94. The third-order valence-corrected chi connectivity index (χ3v) is 4.90. The molecule has 1 amide bonds. The van der Waals surface area contributed by atoms with Crippen molar-refractivity contribution in [1.82, 2.24) is 9.80 Å². The third kappa shape index (κ3) is 5.48. The molecule has 0 spiro atoms. The summed E-state index contributed by atoms with van der Waals surface area (Å²) in [6.07, 6.45) is 4.61. The van der Waals surface area contributed by atoms with Crippen LogP contribution in [0.15, 0.2) is 24.3 Å². The summed E-state index contributed by atoms with van der Waals surface area (Å²) in [7, 11) is 3.80. The number of hydrogen-bond acceptors (Lipinski definition) is 3. The van der Waals surface area contributed by atoms with Crippen LogP contribution in [0.4, 0.5) is 4.39 Å². The minimum atomic E-state index is -0.359. The molecule has 1 aromatic carbocycles. The fourth-order valence-corrected chi connectivity index (χ4v) is 3.13. The molecule has 0 aliphatic heterocycles. The number of rotatable bonds is 7. The predicted octanol–water partition coefficient (Wildman–Crippen LogP) is 3.17. The lowest BCUT2D eigenvalue weighted by atomic mass is 9.87. The molecule has 1 aliphatic rings. The zero-order valence-electron chi connectivity index (χ0n) is 15.0. The number of ether oxygens (including phenoxy) is 1. The Hall–Kier alpha value is -1.62. The van der Waals surface area contributed by atoms with E-state index in [0.29, 0.717) is 25.7 Å². The fourth-order valence-electron chi connectivity index (χ4n) is 3.13. The Labute approximate surface area is 144 Å². The highest BCUT2D eigenvalue weighted by atomic mass is 19.1. The topological polar surface area (TPSA) is 32.8 Å². The van der Waals surface area contributed by atoms with E-state index in [1.165, 1.54) is 18.9 Å². The third-order valence-electron chi connectivity index (χ3n) is 4.90. The van der Waals surface area contributed by atoms with Crippen LogP contribution in [0.3, 0.4) is 0 Å². The van der Waals surface area contributed by atoms with Crippen LogP contribution in [0.1, 0.15) is 32.6 Å². The quantitative estimate of drug-likeness (QED) is 0.767. The van der Waals surface area contributed by atoms with Gasteiger partial charge in [-0.2, -0.15) is 0 Å². The van der Waals surface area contributed by atoms with Gasteiger partial charge in [0, 0.05) is 19.6 Å². The molecule has 1 fully saturated rings. The minimum Gasteiger partial charge on any atom is -0.489 e. The number of nitrogens with zero attached hydrogens (tertiary/aromatic N) is 2. The van der Waals surface area contributed by atoms with Gasteiger partial charge in [-0.15, -0.1) is 0 Å². The Morgan fingerprint density at radius 3 is 2.54 bits per heavy atom. The van der Waals surface area contributed by atoms with E-state index in [1.54, 1.807) is 18.2 Å². The van der Waals surface area contributed by atoms with Gasteiger partial charge in [0.1, 0.15) is 6.61 Å². The van der Waals surface area contributed by atoms with E-state index < -0.39 is 0 Å². The molecule has 0 aromatic heterocycles. The summed E-state index contributed by atoms with van der Waals surface area (Å²) in [5.74, 6) is 0.819. The molecular weight excluding hydrogens is 307 g/mol. The first-order valence-electron chi connectivity index (χ1n) is 8.79. The van der Waals surface area contributed by atoms with E-state index >= 15 is 0 Å². The van der Waals surface area contributed by atoms with Crippen LogP contribution < -0.4 is 4.74 Å². The van der Waals surface area contributed by atoms with Crippen LogP contribution in [0.25, 0.3) is 0 Å². The highest BCUT2D eigenvalue weighted by molar-refractivity contribution is 5.78. The van der Waals surface area contributed by atoms with Crippen molar-refractivity contribution in [3.63, 3.8) is 0 Å². The number of para-hydroxylation sites is 1. The molecule has 0 saturated heterocycles. The molecule has 1 aliphatic carbocycles. The molecule has 1 saturated carbocycles. The van der Waals surface area contributed by atoms with Gasteiger partial charge in [0.05, 0.1) is 6.54 Å². The average molecular weight is 336 g/mol. The van der Waals surface area contributed by atoms with E-state index in [4.69, 9.17) is 4.74 Å². The Morgan fingerprint density at radius 1 is 1.21 bits per heavy atom. The van der Waals surface area contributed by atoms with Gasteiger partial charge in [0.15, 0.2) is 11.6 Å². The maximum atomic E-state index is 13.5. The predicted molar refractivity (Wildman–Crippen MR) is 93.6 cm³/mol. The Kier molecular flexibility index (Phi) is 7.03. The van der Waals surface area contributed by atoms with Crippen LogP contribution >= 0.6 is 0 Å². The van der Waals surface area contributed by atoms with E-state index in [9.17, 15) is 9.18 Å². The van der Waals surface area contributed by atoms with Crippen molar-refractivity contribution in [2.24, 2.45) is 5.92 Å². The highest BCUT2D eigenvalue weighted by Crippen LogP contribution is 2.26. The average Bonchev–Trinajstić information content (AvgIpc) is 2.56. The van der Waals surface area contributed by atoms with Crippen molar-refractivity contribution in [2.45, 2.75) is 38.6 Å². The molecular formula is C19H29FN2O2. The molecule has 134 valence electrons. The number of halogens is 1. The minimum absolute atomic E-state index is 0.142. The zero-order chi connectivity index (χ0) is 17.5. The van der Waals surface area contributed by atoms with Crippen molar-refractivity contribution in [3.8, 4) is 5.75 Å². The first-order valence-corrected chi connectivity index (χ1v) is 8.79. The molecule has 0 bridgehead atoms. The number of likely N-dealkylation sites (N-methyl/N-ethyl adjacent to an activating group) is 2. The van der Waals surface area contributed by atoms with Crippen LogP contribution in [0, 0.1) is 11.7 Å². The van der Waals surface area contributed by atoms with E-state index in [0.717, 1.165) is 18.8 Å². The van der Waals surface area contributed by atoms with Gasteiger partial charge in [-0.1, -0.05) is 19.1 Å². The lowest BCUT2D eigenvalue weighted by Gasteiger charge is -2.34. The lowest BCUT2D eigenvalue weighted by molar-refractivity contribution is -0.133. The van der Waals surface area contributed by atoms with Gasteiger partial charge in [0.2, 0.25) is 5.91 Å². The Bertz CT molecular complexity index is 530. The summed E-state index contributed by atoms with van der Waals surface area (Å²) >= 11 is 0. The summed E-state index contributed by atoms with van der Waals surface area (Å²) in [6, 6.07) is 6.73.